The van der Waals surface area contributed by atoms with E-state index in [1.807, 2.05) is 6.07 Å². The summed E-state index contributed by atoms with van der Waals surface area (Å²) < 4.78 is 1.62. The minimum atomic E-state index is 0.215. The normalized spacial score (nSPS) is 10.1. The van der Waals surface area contributed by atoms with Gasteiger partial charge in [0.25, 0.3) is 0 Å². The number of rotatable bonds is 1. The number of imidazole rings is 1. The molecule has 64 valence electrons. The monoisotopic (exact) mass is 174 g/mol. The van der Waals surface area contributed by atoms with Crippen LogP contribution in [0.2, 0.25) is 0 Å². The van der Waals surface area contributed by atoms with Gasteiger partial charge in [-0.2, -0.15) is 5.26 Å². The maximum atomic E-state index is 8.49. The molecule has 2 aromatic rings. The van der Waals surface area contributed by atoms with Gasteiger partial charge in [-0.05, 0) is 0 Å². The second-order valence-corrected chi connectivity index (χ2v) is 2.46. The quantitative estimate of drug-likeness (QED) is 0.653. The van der Waals surface area contributed by atoms with Crippen molar-refractivity contribution in [1.29, 1.82) is 5.26 Å². The molecule has 0 atom stereocenters. The third kappa shape index (κ3) is 1.06. The van der Waals surface area contributed by atoms with E-state index >= 15 is 0 Å². The van der Waals surface area contributed by atoms with Gasteiger partial charge in [-0.1, -0.05) is 0 Å². The van der Waals surface area contributed by atoms with Crippen molar-refractivity contribution >= 4 is 17.0 Å². The van der Waals surface area contributed by atoms with Crippen LogP contribution in [-0.4, -0.2) is 19.5 Å². The van der Waals surface area contributed by atoms with Crippen molar-refractivity contribution in [3.8, 4) is 6.07 Å². The van der Waals surface area contributed by atoms with Gasteiger partial charge in [-0.3, -0.25) is 0 Å². The van der Waals surface area contributed by atoms with E-state index in [1.54, 1.807) is 4.57 Å². The Balaban J connectivity index is 2.70. The molecule has 0 saturated heterocycles. The third-order valence-corrected chi connectivity index (χ3v) is 1.67. The number of nitrogens with two attached hydrogens (primary N) is 1. The molecule has 0 bridgehead atoms. The predicted octanol–water partition coefficient (Wildman–Crippen LogP) is -0.0679. The van der Waals surface area contributed by atoms with Gasteiger partial charge in [-0.15, -0.1) is 0 Å². The molecular formula is C7H6N6. The number of hydrogen-bond donors (Lipinski definition) is 1. The Morgan fingerprint density at radius 3 is 3.08 bits per heavy atom. The van der Waals surface area contributed by atoms with E-state index in [4.69, 9.17) is 11.0 Å². The summed E-state index contributed by atoms with van der Waals surface area (Å²) in [6, 6.07) is 2.00. The van der Waals surface area contributed by atoms with Gasteiger partial charge in [0.15, 0.2) is 11.5 Å². The molecule has 0 radical (unpaired) electrons. The highest BCUT2D eigenvalue weighted by Gasteiger charge is 2.06. The van der Waals surface area contributed by atoms with Crippen molar-refractivity contribution in [2.24, 2.45) is 0 Å². The summed E-state index contributed by atoms with van der Waals surface area (Å²) in [5.74, 6) is 0.335. The Kier molecular flexibility index (Phi) is 1.56. The van der Waals surface area contributed by atoms with Crippen molar-refractivity contribution in [2.45, 2.75) is 6.54 Å². The van der Waals surface area contributed by atoms with E-state index in [0.717, 1.165) is 0 Å². The molecule has 0 aliphatic carbocycles. The fourth-order valence-electron chi connectivity index (χ4n) is 1.09. The number of nitrogens with zero attached hydrogens (tertiary/aromatic N) is 5. The smallest absolute Gasteiger partial charge is 0.166 e. The Morgan fingerprint density at radius 2 is 2.31 bits per heavy atom. The van der Waals surface area contributed by atoms with Crippen LogP contribution in [0.4, 0.5) is 5.82 Å². The highest BCUT2D eigenvalue weighted by Crippen LogP contribution is 2.13. The van der Waals surface area contributed by atoms with Crippen LogP contribution in [0.5, 0.6) is 0 Å². The molecule has 0 aliphatic rings. The van der Waals surface area contributed by atoms with Crippen LogP contribution in [-0.2, 0) is 6.54 Å². The van der Waals surface area contributed by atoms with Crippen molar-refractivity contribution in [3.63, 3.8) is 0 Å². The van der Waals surface area contributed by atoms with Gasteiger partial charge in [0.1, 0.15) is 18.4 Å². The highest BCUT2D eigenvalue weighted by molar-refractivity contribution is 5.81. The summed E-state index contributed by atoms with van der Waals surface area (Å²) in [6.07, 6.45) is 2.88. The molecule has 2 heterocycles. The first kappa shape index (κ1) is 7.49. The standard InChI is InChI=1S/C7H6N6/c8-1-2-13-4-12-5-6(9)10-3-11-7(5)13/h3-4H,2H2,(H2,9,10,11). The molecule has 6 heteroatoms. The molecule has 0 spiro atoms. The summed E-state index contributed by atoms with van der Waals surface area (Å²) in [7, 11) is 0. The zero-order chi connectivity index (χ0) is 9.26. The predicted molar refractivity (Wildman–Crippen MR) is 45.3 cm³/mol. The largest absolute Gasteiger partial charge is 0.382 e. The molecule has 0 unspecified atom stereocenters. The lowest BCUT2D eigenvalue weighted by atomic mass is 10.5. The topological polar surface area (TPSA) is 93.4 Å². The van der Waals surface area contributed by atoms with Crippen LogP contribution in [0, 0.1) is 11.3 Å². The maximum Gasteiger partial charge on any atom is 0.166 e. The maximum absolute atomic E-state index is 8.49. The molecule has 0 amide bonds. The van der Waals surface area contributed by atoms with Gasteiger partial charge < -0.3 is 10.3 Å². The average molecular weight is 174 g/mol. The van der Waals surface area contributed by atoms with Crippen molar-refractivity contribution in [1.82, 2.24) is 19.5 Å². The second kappa shape index (κ2) is 2.71. The lowest BCUT2D eigenvalue weighted by molar-refractivity contribution is 0.846. The molecular weight excluding hydrogens is 168 g/mol. The van der Waals surface area contributed by atoms with E-state index in [1.165, 1.54) is 12.7 Å². The van der Waals surface area contributed by atoms with Crippen molar-refractivity contribution in [2.75, 3.05) is 5.73 Å². The molecule has 2 aromatic heterocycles. The van der Waals surface area contributed by atoms with Crippen LogP contribution in [0.25, 0.3) is 11.2 Å². The molecule has 0 fully saturated rings. The molecule has 0 aliphatic heterocycles. The van der Waals surface area contributed by atoms with Crippen LogP contribution in [0.15, 0.2) is 12.7 Å². The molecule has 6 nitrogen and oxygen atoms in total. The number of fused-ring (bicyclic) bond motifs is 1. The number of nitrogen functional groups attached to an aromatic ring is 1. The molecule has 0 saturated carbocycles. The number of hydrogen-bond acceptors (Lipinski definition) is 5. The third-order valence-electron chi connectivity index (χ3n) is 1.67. The van der Waals surface area contributed by atoms with E-state index in [9.17, 15) is 0 Å². The van der Waals surface area contributed by atoms with Crippen molar-refractivity contribution in [3.05, 3.63) is 12.7 Å². The van der Waals surface area contributed by atoms with Crippen LogP contribution < -0.4 is 5.73 Å². The molecule has 2 rings (SSSR count). The zero-order valence-corrected chi connectivity index (χ0v) is 6.68. The zero-order valence-electron chi connectivity index (χ0n) is 6.68. The number of anilines is 1. The first-order chi connectivity index (χ1) is 6.33. The Bertz CT molecular complexity index is 479. The number of aromatic nitrogens is 4. The minimum Gasteiger partial charge on any atom is -0.382 e. The summed E-state index contributed by atoms with van der Waals surface area (Å²) in [5, 5.41) is 8.49. The van der Waals surface area contributed by atoms with Crippen molar-refractivity contribution < 1.29 is 0 Å². The minimum absolute atomic E-state index is 0.215. The van der Waals surface area contributed by atoms with Crippen LogP contribution in [0.3, 0.4) is 0 Å². The summed E-state index contributed by atoms with van der Waals surface area (Å²) in [6.45, 7) is 0.215. The first-order valence-electron chi connectivity index (χ1n) is 3.61. The van der Waals surface area contributed by atoms with E-state index < -0.39 is 0 Å². The van der Waals surface area contributed by atoms with Crippen LogP contribution >= 0.6 is 0 Å². The van der Waals surface area contributed by atoms with E-state index in [2.05, 4.69) is 15.0 Å². The highest BCUT2D eigenvalue weighted by atomic mass is 15.1. The fourth-order valence-corrected chi connectivity index (χ4v) is 1.09. The van der Waals surface area contributed by atoms with Crippen LogP contribution in [0.1, 0.15) is 0 Å². The van der Waals surface area contributed by atoms with Gasteiger partial charge in [0, 0.05) is 0 Å². The second-order valence-electron chi connectivity index (χ2n) is 2.46. The van der Waals surface area contributed by atoms with E-state index in [0.29, 0.717) is 17.0 Å². The van der Waals surface area contributed by atoms with Gasteiger partial charge in [-0.25, -0.2) is 15.0 Å². The average Bonchev–Trinajstić information content (AvgIpc) is 2.51. The number of nitriles is 1. The van der Waals surface area contributed by atoms with Gasteiger partial charge in [0.2, 0.25) is 0 Å². The summed E-state index contributed by atoms with van der Waals surface area (Å²) in [5.41, 5.74) is 6.69. The van der Waals surface area contributed by atoms with Gasteiger partial charge >= 0.3 is 0 Å². The summed E-state index contributed by atoms with van der Waals surface area (Å²) >= 11 is 0. The fraction of sp³-hybridized carbons (Fsp3) is 0.143. The van der Waals surface area contributed by atoms with E-state index in [-0.39, 0.29) is 6.54 Å². The molecule has 0 aromatic carbocycles. The Morgan fingerprint density at radius 1 is 1.46 bits per heavy atom. The lowest BCUT2D eigenvalue weighted by Crippen LogP contribution is -1.97. The lowest BCUT2D eigenvalue weighted by Gasteiger charge is -1.95. The Labute approximate surface area is 73.7 Å². The van der Waals surface area contributed by atoms with Gasteiger partial charge in [0.05, 0.1) is 12.4 Å². The first-order valence-corrected chi connectivity index (χ1v) is 3.61. The Hall–Kier alpha value is -2.16. The summed E-state index contributed by atoms with van der Waals surface area (Å²) in [4.78, 5) is 11.8. The molecule has 13 heavy (non-hydrogen) atoms. The SMILES string of the molecule is N#CCn1cnc2c(N)ncnc21. The molecule has 2 N–H and O–H groups in total.